The van der Waals surface area contributed by atoms with Gasteiger partial charge in [0.2, 0.25) is 0 Å². The summed E-state index contributed by atoms with van der Waals surface area (Å²) >= 11 is 0. The molecule has 0 radical (unpaired) electrons. The Hall–Kier alpha value is -1.62. The molecule has 5 heteroatoms. The summed E-state index contributed by atoms with van der Waals surface area (Å²) in [7, 11) is 0. The molecule has 1 heterocycles. The fraction of sp³-hybridized carbons (Fsp3) is 0.500. The van der Waals surface area contributed by atoms with Gasteiger partial charge in [-0.25, -0.2) is 9.18 Å². The predicted molar refractivity (Wildman–Crippen MR) is 72.1 cm³/mol. The fourth-order valence-electron chi connectivity index (χ4n) is 2.62. The molecule has 1 aromatic carbocycles. The van der Waals surface area contributed by atoms with E-state index in [1.165, 1.54) is 18.6 Å². The van der Waals surface area contributed by atoms with Crippen LogP contribution < -0.4 is 5.32 Å². The average molecular weight is 266 g/mol. The van der Waals surface area contributed by atoms with E-state index in [0.29, 0.717) is 18.3 Å². The molecule has 0 amide bonds. The zero-order chi connectivity index (χ0) is 13.8. The number of carboxylic acid groups (broad SMARTS) is 1. The lowest BCUT2D eigenvalue weighted by molar-refractivity contribution is 0.0697. The van der Waals surface area contributed by atoms with E-state index in [-0.39, 0.29) is 5.56 Å². The van der Waals surface area contributed by atoms with Crippen molar-refractivity contribution in [3.05, 3.63) is 29.6 Å². The lowest BCUT2D eigenvalue weighted by Crippen LogP contribution is -2.34. The smallest absolute Gasteiger partial charge is 0.337 e. The van der Waals surface area contributed by atoms with E-state index >= 15 is 0 Å². The first kappa shape index (κ1) is 13.8. The highest BCUT2D eigenvalue weighted by molar-refractivity contribution is 5.94. The number of carbonyl (C=O) groups is 1. The summed E-state index contributed by atoms with van der Waals surface area (Å²) in [6.45, 7) is 4.91. The molecule has 1 unspecified atom stereocenters. The summed E-state index contributed by atoms with van der Waals surface area (Å²) in [5.41, 5.74) is 0.470. The number of likely N-dealkylation sites (tertiary alicyclic amines) is 1. The van der Waals surface area contributed by atoms with Crippen molar-refractivity contribution >= 4 is 11.7 Å². The molecule has 1 aliphatic rings. The molecular formula is C14H19FN2O2. The fourth-order valence-corrected chi connectivity index (χ4v) is 2.62. The minimum absolute atomic E-state index is 0.0129. The van der Waals surface area contributed by atoms with Crippen LogP contribution in [0.4, 0.5) is 10.1 Å². The van der Waals surface area contributed by atoms with Crippen LogP contribution in [0.1, 0.15) is 30.1 Å². The number of hydrogen-bond donors (Lipinski definition) is 2. The van der Waals surface area contributed by atoms with Crippen LogP contribution in [0.25, 0.3) is 0 Å². The van der Waals surface area contributed by atoms with Gasteiger partial charge < -0.3 is 10.4 Å². The summed E-state index contributed by atoms with van der Waals surface area (Å²) in [5.74, 6) is -1.64. The maximum Gasteiger partial charge on any atom is 0.337 e. The first-order valence-corrected chi connectivity index (χ1v) is 6.62. The number of halogens is 1. The molecule has 19 heavy (non-hydrogen) atoms. The number of benzene rings is 1. The highest BCUT2D eigenvalue weighted by Gasteiger charge is 2.23. The van der Waals surface area contributed by atoms with Crippen LogP contribution in [-0.2, 0) is 0 Å². The normalized spacial score (nSPS) is 19.6. The van der Waals surface area contributed by atoms with E-state index in [0.717, 1.165) is 25.6 Å². The number of carboxylic acids is 1. The summed E-state index contributed by atoms with van der Waals surface area (Å²) in [6, 6.07) is 4.25. The van der Waals surface area contributed by atoms with Gasteiger partial charge in [-0.3, -0.25) is 4.90 Å². The van der Waals surface area contributed by atoms with Crippen molar-refractivity contribution < 1.29 is 14.3 Å². The van der Waals surface area contributed by atoms with Crippen molar-refractivity contribution in [3.8, 4) is 0 Å². The molecule has 1 atom stereocenters. The molecule has 0 spiro atoms. The van der Waals surface area contributed by atoms with E-state index in [4.69, 9.17) is 5.11 Å². The Kier molecular flexibility index (Phi) is 4.37. The maximum absolute atomic E-state index is 13.1. The van der Waals surface area contributed by atoms with Crippen LogP contribution >= 0.6 is 0 Å². The lowest BCUT2D eigenvalue weighted by Gasteiger charge is -2.23. The number of nitrogens with one attached hydrogen (secondary N) is 1. The summed E-state index contributed by atoms with van der Waals surface area (Å²) in [4.78, 5) is 13.4. The van der Waals surface area contributed by atoms with Crippen LogP contribution in [0.15, 0.2) is 18.2 Å². The average Bonchev–Trinajstić information content (AvgIpc) is 2.84. The summed E-state index contributed by atoms with van der Waals surface area (Å²) < 4.78 is 13.1. The van der Waals surface area contributed by atoms with Gasteiger partial charge in [0.25, 0.3) is 0 Å². The lowest BCUT2D eigenvalue weighted by atomic mass is 10.1. The number of anilines is 1. The van der Waals surface area contributed by atoms with Crippen molar-refractivity contribution in [3.63, 3.8) is 0 Å². The number of aromatic carboxylic acids is 1. The Morgan fingerprint density at radius 3 is 3.05 bits per heavy atom. The summed E-state index contributed by atoms with van der Waals surface area (Å²) in [5, 5.41) is 12.2. The SMILES string of the molecule is CCN1CCCC1CNc1ccc(F)cc1C(=O)O. The molecule has 1 saturated heterocycles. The van der Waals surface area contributed by atoms with Gasteiger partial charge in [-0.2, -0.15) is 0 Å². The van der Waals surface area contributed by atoms with Crippen LogP contribution in [0.3, 0.4) is 0 Å². The maximum atomic E-state index is 13.1. The van der Waals surface area contributed by atoms with Gasteiger partial charge in [-0.15, -0.1) is 0 Å². The van der Waals surface area contributed by atoms with E-state index < -0.39 is 11.8 Å². The number of rotatable bonds is 5. The van der Waals surface area contributed by atoms with Gasteiger partial charge in [0.15, 0.2) is 0 Å². The Morgan fingerprint density at radius 2 is 2.37 bits per heavy atom. The molecular weight excluding hydrogens is 247 g/mol. The summed E-state index contributed by atoms with van der Waals surface area (Å²) in [6.07, 6.45) is 2.29. The van der Waals surface area contributed by atoms with E-state index in [1.807, 2.05) is 0 Å². The molecule has 104 valence electrons. The van der Waals surface area contributed by atoms with Gasteiger partial charge in [-0.1, -0.05) is 6.92 Å². The van der Waals surface area contributed by atoms with Crippen molar-refractivity contribution in [2.75, 3.05) is 25.0 Å². The standard InChI is InChI=1S/C14H19FN2O2/c1-2-17-7-3-4-11(17)9-16-13-6-5-10(15)8-12(13)14(18)19/h5-6,8,11,16H,2-4,7,9H2,1H3,(H,18,19). The molecule has 2 N–H and O–H groups in total. The zero-order valence-corrected chi connectivity index (χ0v) is 11.0. The molecule has 0 bridgehead atoms. The van der Waals surface area contributed by atoms with Gasteiger partial charge in [0, 0.05) is 18.3 Å². The third-order valence-corrected chi connectivity index (χ3v) is 3.65. The second kappa shape index (κ2) is 6.02. The van der Waals surface area contributed by atoms with Crippen LogP contribution in [0, 0.1) is 5.82 Å². The second-order valence-corrected chi connectivity index (χ2v) is 4.80. The van der Waals surface area contributed by atoms with Crippen molar-refractivity contribution in [1.29, 1.82) is 0 Å². The van der Waals surface area contributed by atoms with Crippen molar-refractivity contribution in [2.24, 2.45) is 0 Å². The second-order valence-electron chi connectivity index (χ2n) is 4.80. The van der Waals surface area contributed by atoms with Crippen LogP contribution in [0.5, 0.6) is 0 Å². The van der Waals surface area contributed by atoms with E-state index in [9.17, 15) is 9.18 Å². The highest BCUT2D eigenvalue weighted by Crippen LogP contribution is 2.20. The van der Waals surface area contributed by atoms with Crippen molar-refractivity contribution in [1.82, 2.24) is 4.90 Å². The first-order chi connectivity index (χ1) is 9.11. The third-order valence-electron chi connectivity index (χ3n) is 3.65. The molecule has 1 aliphatic heterocycles. The van der Waals surface area contributed by atoms with Gasteiger partial charge >= 0.3 is 5.97 Å². The van der Waals surface area contributed by atoms with Gasteiger partial charge in [0.1, 0.15) is 5.82 Å². The van der Waals surface area contributed by atoms with Gasteiger partial charge in [0.05, 0.1) is 5.56 Å². The highest BCUT2D eigenvalue weighted by atomic mass is 19.1. The number of likely N-dealkylation sites (N-methyl/N-ethyl adjacent to an activating group) is 1. The molecule has 1 aromatic rings. The molecule has 0 aromatic heterocycles. The molecule has 0 saturated carbocycles. The minimum atomic E-state index is -1.11. The quantitative estimate of drug-likeness (QED) is 0.859. The van der Waals surface area contributed by atoms with Gasteiger partial charge in [-0.05, 0) is 44.1 Å². The van der Waals surface area contributed by atoms with Crippen LogP contribution in [0.2, 0.25) is 0 Å². The molecule has 1 fully saturated rings. The minimum Gasteiger partial charge on any atom is -0.478 e. The van der Waals surface area contributed by atoms with E-state index in [2.05, 4.69) is 17.1 Å². The first-order valence-electron chi connectivity index (χ1n) is 6.62. The molecule has 2 rings (SSSR count). The Bertz CT molecular complexity index is 465. The Balaban J connectivity index is 2.05. The zero-order valence-electron chi connectivity index (χ0n) is 11.0. The predicted octanol–water partition coefficient (Wildman–Crippen LogP) is 2.42. The largest absolute Gasteiger partial charge is 0.478 e. The monoisotopic (exact) mass is 266 g/mol. The Labute approximate surface area is 112 Å². The van der Waals surface area contributed by atoms with Crippen molar-refractivity contribution in [2.45, 2.75) is 25.8 Å². The third kappa shape index (κ3) is 3.23. The number of nitrogens with zero attached hydrogens (tertiary/aromatic N) is 1. The molecule has 0 aliphatic carbocycles. The number of hydrogen-bond acceptors (Lipinski definition) is 3. The topological polar surface area (TPSA) is 52.6 Å². The molecule has 4 nitrogen and oxygen atoms in total. The van der Waals surface area contributed by atoms with E-state index in [1.54, 1.807) is 0 Å². The van der Waals surface area contributed by atoms with Crippen LogP contribution in [-0.4, -0.2) is 41.7 Å². The Morgan fingerprint density at radius 1 is 1.58 bits per heavy atom.